The molecule has 1 aliphatic rings. The Kier molecular flexibility index (Phi) is 5.38. The van der Waals surface area contributed by atoms with E-state index in [9.17, 15) is 9.59 Å². The molecule has 1 aliphatic heterocycles. The van der Waals surface area contributed by atoms with Crippen molar-refractivity contribution in [1.29, 1.82) is 0 Å². The van der Waals surface area contributed by atoms with Crippen molar-refractivity contribution in [2.75, 3.05) is 19.9 Å². The lowest BCUT2D eigenvalue weighted by Crippen LogP contribution is -2.34. The third-order valence-corrected chi connectivity index (χ3v) is 4.73. The molecule has 0 atom stereocenters. The molecule has 8 heteroatoms. The summed E-state index contributed by atoms with van der Waals surface area (Å²) >= 11 is 0. The Balaban J connectivity index is 1.35. The first kappa shape index (κ1) is 19.5. The molecule has 1 amide bonds. The largest absolute Gasteiger partial charge is 0.492 e. The molecule has 0 bridgehead atoms. The lowest BCUT2D eigenvalue weighted by molar-refractivity contribution is -0.117. The molecule has 3 aromatic rings. The van der Waals surface area contributed by atoms with E-state index in [0.29, 0.717) is 34.2 Å². The number of nitrogens with one attached hydrogen (secondary N) is 1. The lowest BCUT2D eigenvalue weighted by atomic mass is 10.1. The maximum Gasteiger partial charge on any atom is 0.292 e. The van der Waals surface area contributed by atoms with Crippen LogP contribution in [0.15, 0.2) is 48.5 Å². The fraction of sp³-hybridized carbons (Fsp3) is 0.227. The SMILES string of the molecule is Cc1nn(-c2ccccc2)c(C)c1C(=O)C(=O)NCCOc1ccc2c(c1)OCO2. The van der Waals surface area contributed by atoms with Crippen molar-refractivity contribution in [2.24, 2.45) is 0 Å². The Bertz CT molecular complexity index is 1090. The zero-order chi connectivity index (χ0) is 21.1. The Morgan fingerprint density at radius 1 is 1.10 bits per heavy atom. The Hall–Kier alpha value is -3.81. The molecule has 1 aromatic heterocycles. The summed E-state index contributed by atoms with van der Waals surface area (Å²) in [5.74, 6) is 0.574. The van der Waals surface area contributed by atoms with Crippen LogP contribution in [0.25, 0.3) is 5.69 Å². The predicted molar refractivity (Wildman–Crippen MR) is 108 cm³/mol. The van der Waals surface area contributed by atoms with E-state index in [1.165, 1.54) is 0 Å². The van der Waals surface area contributed by atoms with E-state index < -0.39 is 11.7 Å². The highest BCUT2D eigenvalue weighted by atomic mass is 16.7. The molecule has 0 fully saturated rings. The first-order chi connectivity index (χ1) is 14.5. The molecule has 8 nitrogen and oxygen atoms in total. The molecule has 1 N–H and O–H groups in total. The van der Waals surface area contributed by atoms with Crippen LogP contribution in [0.4, 0.5) is 0 Å². The van der Waals surface area contributed by atoms with Crippen LogP contribution in [-0.4, -0.2) is 41.4 Å². The van der Waals surface area contributed by atoms with Gasteiger partial charge in [0.05, 0.1) is 29.2 Å². The smallest absolute Gasteiger partial charge is 0.292 e. The molecule has 0 spiro atoms. The van der Waals surface area contributed by atoms with Gasteiger partial charge in [-0.1, -0.05) is 18.2 Å². The van der Waals surface area contributed by atoms with Gasteiger partial charge in [-0.05, 0) is 38.1 Å². The van der Waals surface area contributed by atoms with Gasteiger partial charge in [0.15, 0.2) is 11.5 Å². The van der Waals surface area contributed by atoms with Gasteiger partial charge >= 0.3 is 0 Å². The fourth-order valence-corrected chi connectivity index (χ4v) is 3.29. The minimum absolute atomic E-state index is 0.184. The fourth-order valence-electron chi connectivity index (χ4n) is 3.29. The van der Waals surface area contributed by atoms with Crippen molar-refractivity contribution in [3.63, 3.8) is 0 Å². The summed E-state index contributed by atoms with van der Waals surface area (Å²) in [6.45, 7) is 4.08. The quantitative estimate of drug-likeness (QED) is 0.368. The number of carbonyl (C=O) groups excluding carboxylic acids is 2. The van der Waals surface area contributed by atoms with Crippen molar-refractivity contribution >= 4 is 11.7 Å². The minimum Gasteiger partial charge on any atom is -0.492 e. The van der Waals surface area contributed by atoms with Gasteiger partial charge in [-0.15, -0.1) is 0 Å². The van der Waals surface area contributed by atoms with E-state index >= 15 is 0 Å². The highest BCUT2D eigenvalue weighted by Crippen LogP contribution is 2.35. The molecule has 2 heterocycles. The first-order valence-corrected chi connectivity index (χ1v) is 9.51. The normalized spacial score (nSPS) is 11.9. The van der Waals surface area contributed by atoms with Crippen LogP contribution in [-0.2, 0) is 4.79 Å². The lowest BCUT2D eigenvalue weighted by Gasteiger charge is -2.08. The Labute approximate surface area is 173 Å². The van der Waals surface area contributed by atoms with E-state index in [1.807, 2.05) is 30.3 Å². The monoisotopic (exact) mass is 407 g/mol. The summed E-state index contributed by atoms with van der Waals surface area (Å²) in [4.78, 5) is 25.1. The van der Waals surface area contributed by atoms with Crippen molar-refractivity contribution in [2.45, 2.75) is 13.8 Å². The predicted octanol–water partition coefficient (Wildman–Crippen LogP) is 2.60. The number of rotatable bonds is 7. The number of carbonyl (C=O) groups is 2. The number of para-hydroxylation sites is 1. The van der Waals surface area contributed by atoms with Crippen LogP contribution in [0, 0.1) is 13.8 Å². The number of fused-ring (bicyclic) bond motifs is 1. The van der Waals surface area contributed by atoms with Crippen LogP contribution >= 0.6 is 0 Å². The van der Waals surface area contributed by atoms with Gasteiger partial charge in [0.25, 0.3) is 11.7 Å². The van der Waals surface area contributed by atoms with Crippen molar-refractivity contribution < 1.29 is 23.8 Å². The van der Waals surface area contributed by atoms with Gasteiger partial charge in [0.1, 0.15) is 12.4 Å². The van der Waals surface area contributed by atoms with E-state index in [2.05, 4.69) is 10.4 Å². The van der Waals surface area contributed by atoms with Crippen molar-refractivity contribution in [1.82, 2.24) is 15.1 Å². The Morgan fingerprint density at radius 3 is 2.67 bits per heavy atom. The average Bonchev–Trinajstić information content (AvgIpc) is 3.34. The van der Waals surface area contributed by atoms with Gasteiger partial charge in [-0.25, -0.2) is 4.68 Å². The highest BCUT2D eigenvalue weighted by molar-refractivity contribution is 6.43. The second kappa shape index (κ2) is 8.28. The number of Topliss-reactive ketones (excluding diaryl/α,β-unsaturated/α-hetero) is 1. The molecule has 0 aliphatic carbocycles. The number of aryl methyl sites for hydroxylation is 1. The molecule has 0 saturated heterocycles. The third-order valence-electron chi connectivity index (χ3n) is 4.73. The second-order valence-corrected chi connectivity index (χ2v) is 6.74. The molecule has 0 unspecified atom stereocenters. The Morgan fingerprint density at radius 2 is 1.87 bits per heavy atom. The molecular formula is C22H21N3O5. The molecule has 4 rings (SSSR count). The maximum absolute atomic E-state index is 12.7. The standard InChI is InChI=1S/C22H21N3O5/c1-14-20(15(2)25(24-14)16-6-4-3-5-7-16)21(26)22(27)23-10-11-28-17-8-9-18-19(12-17)30-13-29-18/h3-9,12H,10-11,13H2,1-2H3,(H,23,27). The van der Waals surface area contributed by atoms with Crippen molar-refractivity contribution in [3.8, 4) is 22.9 Å². The summed E-state index contributed by atoms with van der Waals surface area (Å²) in [6, 6.07) is 14.7. The van der Waals surface area contributed by atoms with Gasteiger partial charge in [0, 0.05) is 6.07 Å². The average molecular weight is 407 g/mol. The van der Waals surface area contributed by atoms with Crippen LogP contribution in [0.2, 0.25) is 0 Å². The summed E-state index contributed by atoms with van der Waals surface area (Å²) < 4.78 is 17.8. The van der Waals surface area contributed by atoms with Gasteiger partial charge in [-0.3, -0.25) is 9.59 Å². The summed E-state index contributed by atoms with van der Waals surface area (Å²) in [5, 5.41) is 7.02. The summed E-state index contributed by atoms with van der Waals surface area (Å²) in [5.41, 5.74) is 2.27. The first-order valence-electron chi connectivity index (χ1n) is 9.51. The highest BCUT2D eigenvalue weighted by Gasteiger charge is 2.24. The van der Waals surface area contributed by atoms with Crippen molar-refractivity contribution in [3.05, 3.63) is 65.5 Å². The number of aromatic nitrogens is 2. The van der Waals surface area contributed by atoms with Crippen LogP contribution in [0.1, 0.15) is 21.7 Å². The third kappa shape index (κ3) is 3.84. The van der Waals surface area contributed by atoms with Crippen LogP contribution < -0.4 is 19.5 Å². The topological polar surface area (TPSA) is 91.7 Å². The van der Waals surface area contributed by atoms with E-state index in [-0.39, 0.29) is 19.9 Å². The number of hydrogen-bond donors (Lipinski definition) is 1. The van der Waals surface area contributed by atoms with Gasteiger partial charge in [-0.2, -0.15) is 5.10 Å². The van der Waals surface area contributed by atoms with E-state index in [4.69, 9.17) is 14.2 Å². The van der Waals surface area contributed by atoms with Gasteiger partial charge in [0.2, 0.25) is 6.79 Å². The number of amides is 1. The molecule has 2 aromatic carbocycles. The molecule has 0 saturated carbocycles. The number of ketones is 1. The molecular weight excluding hydrogens is 386 g/mol. The number of hydrogen-bond acceptors (Lipinski definition) is 6. The van der Waals surface area contributed by atoms with Crippen LogP contribution in [0.5, 0.6) is 17.2 Å². The number of ether oxygens (including phenoxy) is 3. The molecule has 30 heavy (non-hydrogen) atoms. The zero-order valence-electron chi connectivity index (χ0n) is 16.7. The summed E-state index contributed by atoms with van der Waals surface area (Å²) in [7, 11) is 0. The summed E-state index contributed by atoms with van der Waals surface area (Å²) in [6.07, 6.45) is 0. The molecule has 154 valence electrons. The van der Waals surface area contributed by atoms with E-state index in [0.717, 1.165) is 5.69 Å². The number of nitrogens with zero attached hydrogens (tertiary/aromatic N) is 2. The minimum atomic E-state index is -0.692. The van der Waals surface area contributed by atoms with E-state index in [1.54, 1.807) is 36.7 Å². The van der Waals surface area contributed by atoms with Crippen LogP contribution in [0.3, 0.4) is 0 Å². The maximum atomic E-state index is 12.7. The zero-order valence-corrected chi connectivity index (χ0v) is 16.7. The van der Waals surface area contributed by atoms with Gasteiger partial charge < -0.3 is 19.5 Å². The number of benzene rings is 2. The molecule has 0 radical (unpaired) electrons. The second-order valence-electron chi connectivity index (χ2n) is 6.74.